The van der Waals surface area contributed by atoms with Gasteiger partial charge >= 0.3 is 12.1 Å². The molecule has 2 amide bonds. The lowest BCUT2D eigenvalue weighted by Crippen LogP contribution is -2.55. The van der Waals surface area contributed by atoms with Gasteiger partial charge in [-0.15, -0.1) is 12.3 Å². The maximum Gasteiger partial charge on any atom is 0.408 e. The maximum absolute atomic E-state index is 12.1. The quantitative estimate of drug-likeness (QED) is 0.499. The van der Waals surface area contributed by atoms with E-state index in [0.29, 0.717) is 0 Å². The Balaban J connectivity index is 2.63. The summed E-state index contributed by atoms with van der Waals surface area (Å²) in [7, 11) is 0. The number of aliphatic hydroxyl groups is 1. The number of alkyl carbamates (subject to hydrolysis) is 1. The van der Waals surface area contributed by atoms with Gasteiger partial charge in [-0.3, -0.25) is 4.79 Å². The maximum atomic E-state index is 12.1. The number of rotatable bonds is 8. The highest BCUT2D eigenvalue weighted by molar-refractivity contribution is 5.89. The number of terminal acetylenes is 1. The molecule has 0 saturated heterocycles. The molecule has 3 atom stereocenters. The van der Waals surface area contributed by atoms with Gasteiger partial charge in [0.15, 0.2) is 0 Å². The molecule has 25 heavy (non-hydrogen) atoms. The van der Waals surface area contributed by atoms with Crippen LogP contribution in [0.1, 0.15) is 18.9 Å². The zero-order valence-corrected chi connectivity index (χ0v) is 13.6. The summed E-state index contributed by atoms with van der Waals surface area (Å²) in [6.45, 7) is 1.26. The van der Waals surface area contributed by atoms with Crippen LogP contribution in [-0.2, 0) is 20.9 Å². The van der Waals surface area contributed by atoms with Crippen molar-refractivity contribution in [3.05, 3.63) is 35.9 Å². The molecule has 0 aliphatic carbocycles. The summed E-state index contributed by atoms with van der Waals surface area (Å²) < 4.78 is 4.97. The van der Waals surface area contributed by atoms with Crippen molar-refractivity contribution in [3.63, 3.8) is 0 Å². The Labute approximate surface area is 145 Å². The first-order valence-corrected chi connectivity index (χ1v) is 7.47. The molecule has 0 aliphatic heterocycles. The zero-order chi connectivity index (χ0) is 18.8. The number of carboxylic acid groups (broad SMARTS) is 1. The summed E-state index contributed by atoms with van der Waals surface area (Å²) in [6, 6.07) is 6.17. The van der Waals surface area contributed by atoms with E-state index >= 15 is 0 Å². The summed E-state index contributed by atoms with van der Waals surface area (Å²) in [5.41, 5.74) is 0.746. The minimum Gasteiger partial charge on any atom is -0.480 e. The average molecular weight is 348 g/mol. The van der Waals surface area contributed by atoms with Crippen LogP contribution in [0.2, 0.25) is 0 Å². The molecule has 0 spiro atoms. The fraction of sp³-hybridized carbons (Fsp3) is 0.353. The van der Waals surface area contributed by atoms with Gasteiger partial charge in [0.05, 0.1) is 6.10 Å². The number of carbonyl (C=O) groups is 3. The van der Waals surface area contributed by atoms with Gasteiger partial charge in [-0.25, -0.2) is 9.59 Å². The molecular formula is C17H20N2O6. The topological polar surface area (TPSA) is 125 Å². The van der Waals surface area contributed by atoms with Crippen molar-refractivity contribution in [2.75, 3.05) is 0 Å². The lowest BCUT2D eigenvalue weighted by molar-refractivity contribution is -0.142. The van der Waals surface area contributed by atoms with Crippen LogP contribution in [0.4, 0.5) is 4.79 Å². The zero-order valence-electron chi connectivity index (χ0n) is 13.6. The minimum absolute atomic E-state index is 0.0182. The number of benzene rings is 1. The monoisotopic (exact) mass is 348 g/mol. The number of aliphatic carboxylic acids is 1. The molecule has 134 valence electrons. The van der Waals surface area contributed by atoms with E-state index in [1.807, 2.05) is 6.07 Å². The predicted octanol–water partition coefficient (Wildman–Crippen LogP) is 0.255. The minimum atomic E-state index is -1.39. The van der Waals surface area contributed by atoms with Crippen molar-refractivity contribution in [3.8, 4) is 12.3 Å². The van der Waals surface area contributed by atoms with Crippen LogP contribution in [0.5, 0.6) is 0 Å². The fourth-order valence-corrected chi connectivity index (χ4v) is 1.88. The summed E-state index contributed by atoms with van der Waals surface area (Å²) in [4.78, 5) is 34.9. The molecule has 1 rings (SSSR count). The number of amides is 2. The van der Waals surface area contributed by atoms with E-state index in [2.05, 4.69) is 16.6 Å². The third-order valence-corrected chi connectivity index (χ3v) is 3.19. The van der Waals surface area contributed by atoms with E-state index in [1.54, 1.807) is 24.3 Å². The van der Waals surface area contributed by atoms with E-state index in [9.17, 15) is 19.5 Å². The Hall–Kier alpha value is -3.05. The smallest absolute Gasteiger partial charge is 0.408 e. The number of hydrogen-bond donors (Lipinski definition) is 4. The van der Waals surface area contributed by atoms with E-state index < -0.39 is 36.2 Å². The van der Waals surface area contributed by atoms with Crippen LogP contribution in [0.15, 0.2) is 30.3 Å². The first kappa shape index (κ1) is 20.0. The van der Waals surface area contributed by atoms with Crippen LogP contribution < -0.4 is 10.6 Å². The van der Waals surface area contributed by atoms with Gasteiger partial charge in [-0.2, -0.15) is 0 Å². The van der Waals surface area contributed by atoms with Crippen LogP contribution in [0, 0.1) is 12.3 Å². The fourth-order valence-electron chi connectivity index (χ4n) is 1.88. The van der Waals surface area contributed by atoms with Crippen LogP contribution >= 0.6 is 0 Å². The highest BCUT2D eigenvalue weighted by atomic mass is 16.5. The second kappa shape index (κ2) is 9.95. The highest BCUT2D eigenvalue weighted by Crippen LogP contribution is 2.02. The SMILES string of the molecule is C#CC[C@@H](NC(=O)[C@@H](NC(=O)OCc1ccccc1)[C@@H](C)O)C(=O)O. The average Bonchev–Trinajstić information content (AvgIpc) is 2.57. The Bertz CT molecular complexity index is 638. The summed E-state index contributed by atoms with van der Waals surface area (Å²) in [5.74, 6) is -0.0658. The number of carbonyl (C=O) groups excluding carboxylic acids is 2. The van der Waals surface area contributed by atoms with Gasteiger partial charge in [-0.05, 0) is 12.5 Å². The predicted molar refractivity (Wildman–Crippen MR) is 88.2 cm³/mol. The Morgan fingerprint density at radius 2 is 1.88 bits per heavy atom. The molecule has 0 radical (unpaired) electrons. The molecule has 1 aromatic rings. The van der Waals surface area contributed by atoms with E-state index in [4.69, 9.17) is 16.3 Å². The van der Waals surface area contributed by atoms with Gasteiger partial charge < -0.3 is 25.6 Å². The highest BCUT2D eigenvalue weighted by Gasteiger charge is 2.29. The largest absolute Gasteiger partial charge is 0.480 e. The molecular weight excluding hydrogens is 328 g/mol. The Morgan fingerprint density at radius 3 is 2.40 bits per heavy atom. The van der Waals surface area contributed by atoms with E-state index in [-0.39, 0.29) is 13.0 Å². The first-order chi connectivity index (χ1) is 11.8. The molecule has 0 aromatic heterocycles. The van der Waals surface area contributed by atoms with Crippen LogP contribution in [0.3, 0.4) is 0 Å². The van der Waals surface area contributed by atoms with Gasteiger partial charge in [0.1, 0.15) is 18.7 Å². The summed E-state index contributed by atoms with van der Waals surface area (Å²) >= 11 is 0. The second-order valence-corrected chi connectivity index (χ2v) is 5.23. The summed E-state index contributed by atoms with van der Waals surface area (Å²) in [5, 5.41) is 23.0. The molecule has 0 heterocycles. The van der Waals surface area contributed by atoms with Crippen molar-refractivity contribution in [1.29, 1.82) is 0 Å². The van der Waals surface area contributed by atoms with Crippen molar-refractivity contribution >= 4 is 18.0 Å². The second-order valence-electron chi connectivity index (χ2n) is 5.23. The van der Waals surface area contributed by atoms with Gasteiger partial charge in [0.2, 0.25) is 5.91 Å². The lowest BCUT2D eigenvalue weighted by atomic mass is 10.1. The molecule has 8 heteroatoms. The normalized spacial score (nSPS) is 13.6. The molecule has 0 saturated carbocycles. The van der Waals surface area contributed by atoms with Gasteiger partial charge in [0.25, 0.3) is 0 Å². The Morgan fingerprint density at radius 1 is 1.24 bits per heavy atom. The van der Waals surface area contributed by atoms with Crippen LogP contribution in [-0.4, -0.2) is 46.4 Å². The number of ether oxygens (including phenoxy) is 1. The van der Waals surface area contributed by atoms with Gasteiger partial charge in [0, 0.05) is 6.42 Å². The molecule has 1 aromatic carbocycles. The lowest BCUT2D eigenvalue weighted by Gasteiger charge is -2.22. The van der Waals surface area contributed by atoms with E-state index in [0.717, 1.165) is 5.56 Å². The molecule has 8 nitrogen and oxygen atoms in total. The number of nitrogens with one attached hydrogen (secondary N) is 2. The molecule has 0 unspecified atom stereocenters. The molecule has 0 fully saturated rings. The van der Waals surface area contributed by atoms with Crippen molar-refractivity contribution in [2.24, 2.45) is 0 Å². The number of aliphatic hydroxyl groups excluding tert-OH is 1. The van der Waals surface area contributed by atoms with Crippen molar-refractivity contribution < 1.29 is 29.3 Å². The van der Waals surface area contributed by atoms with E-state index in [1.165, 1.54) is 6.92 Å². The Kier molecular flexibility index (Phi) is 7.96. The van der Waals surface area contributed by atoms with Crippen LogP contribution in [0.25, 0.3) is 0 Å². The third kappa shape index (κ3) is 6.93. The molecule has 0 bridgehead atoms. The first-order valence-electron chi connectivity index (χ1n) is 7.47. The summed E-state index contributed by atoms with van der Waals surface area (Å²) in [6.07, 6.45) is 2.62. The standard InChI is InChI=1S/C17H20N2O6/c1-3-7-13(16(22)23)18-15(21)14(11(2)20)19-17(24)25-10-12-8-5-4-6-9-12/h1,4-6,8-9,11,13-14,20H,7,10H2,2H3,(H,18,21)(H,19,24)(H,22,23)/t11-,13-,14+/m1/s1. The number of carboxylic acids is 1. The third-order valence-electron chi connectivity index (χ3n) is 3.19. The van der Waals surface area contributed by atoms with Gasteiger partial charge in [-0.1, -0.05) is 30.3 Å². The van der Waals surface area contributed by atoms with Crippen molar-refractivity contribution in [1.82, 2.24) is 10.6 Å². The molecule has 0 aliphatic rings. The molecule has 4 N–H and O–H groups in total. The number of hydrogen-bond acceptors (Lipinski definition) is 5. The van der Waals surface area contributed by atoms with Crippen molar-refractivity contribution in [2.45, 2.75) is 38.1 Å².